The Morgan fingerprint density at radius 2 is 2.31 bits per heavy atom. The molecular formula is C11H19NO. The summed E-state index contributed by atoms with van der Waals surface area (Å²) in [4.78, 5) is 12.6. The van der Waals surface area contributed by atoms with Gasteiger partial charge in [-0.2, -0.15) is 0 Å². The summed E-state index contributed by atoms with van der Waals surface area (Å²) >= 11 is 0. The molecule has 1 saturated heterocycles. The fraction of sp³-hybridized carbons (Fsp3) is 0.727. The van der Waals surface area contributed by atoms with Gasteiger partial charge in [-0.15, -0.1) is 0 Å². The number of hydrogen-bond donors (Lipinski definition) is 0. The second kappa shape index (κ2) is 5.18. The van der Waals surface area contributed by atoms with E-state index in [1.165, 1.54) is 19.4 Å². The highest BCUT2D eigenvalue weighted by Crippen LogP contribution is 2.20. The van der Waals surface area contributed by atoms with E-state index < -0.39 is 0 Å². The maximum atomic E-state index is 10.1. The first-order valence-electron chi connectivity index (χ1n) is 5.11. The van der Waals surface area contributed by atoms with E-state index in [2.05, 4.69) is 24.8 Å². The van der Waals surface area contributed by atoms with Gasteiger partial charge >= 0.3 is 0 Å². The Hall–Kier alpha value is -0.630. The summed E-state index contributed by atoms with van der Waals surface area (Å²) in [7, 11) is 0. The summed E-state index contributed by atoms with van der Waals surface area (Å²) in [6, 6.07) is 1.19. The van der Waals surface area contributed by atoms with E-state index in [4.69, 9.17) is 0 Å². The standard InChI is InChI=1S/C11H19NO/c1-10(2)12-8-5-7-11(12)6-3-4-9-13/h3,6,9-11H,4-5,7-8H2,1-2H3/b6-3-. The molecule has 0 bridgehead atoms. The minimum absolute atomic E-state index is 0.558. The van der Waals surface area contributed by atoms with Crippen LogP contribution in [0.25, 0.3) is 0 Å². The lowest BCUT2D eigenvalue weighted by molar-refractivity contribution is -0.107. The van der Waals surface area contributed by atoms with Crippen molar-refractivity contribution in [2.75, 3.05) is 6.54 Å². The van der Waals surface area contributed by atoms with Crippen molar-refractivity contribution < 1.29 is 4.79 Å². The van der Waals surface area contributed by atoms with Gasteiger partial charge in [-0.1, -0.05) is 12.2 Å². The highest BCUT2D eigenvalue weighted by Gasteiger charge is 2.23. The van der Waals surface area contributed by atoms with Crippen molar-refractivity contribution >= 4 is 6.29 Å². The fourth-order valence-corrected chi connectivity index (χ4v) is 1.95. The normalized spacial score (nSPS) is 24.7. The van der Waals surface area contributed by atoms with E-state index in [9.17, 15) is 4.79 Å². The molecule has 1 heterocycles. The van der Waals surface area contributed by atoms with Crippen LogP contribution in [0.1, 0.15) is 33.1 Å². The van der Waals surface area contributed by atoms with Gasteiger partial charge in [0, 0.05) is 18.5 Å². The third-order valence-electron chi connectivity index (χ3n) is 2.60. The summed E-state index contributed by atoms with van der Waals surface area (Å²) < 4.78 is 0. The zero-order valence-corrected chi connectivity index (χ0v) is 8.57. The monoisotopic (exact) mass is 181 g/mol. The van der Waals surface area contributed by atoms with Gasteiger partial charge in [0.05, 0.1) is 0 Å². The van der Waals surface area contributed by atoms with Gasteiger partial charge in [0.25, 0.3) is 0 Å². The summed E-state index contributed by atoms with van der Waals surface area (Å²) in [6.07, 6.45) is 8.20. The minimum Gasteiger partial charge on any atom is -0.303 e. The molecule has 74 valence electrons. The molecule has 1 fully saturated rings. The second-order valence-corrected chi connectivity index (χ2v) is 3.87. The highest BCUT2D eigenvalue weighted by molar-refractivity contribution is 5.51. The second-order valence-electron chi connectivity index (χ2n) is 3.87. The fourth-order valence-electron chi connectivity index (χ4n) is 1.95. The molecule has 1 aliphatic heterocycles. The molecule has 0 radical (unpaired) electrons. The minimum atomic E-state index is 0.558. The number of carbonyl (C=O) groups is 1. The summed E-state index contributed by atoms with van der Waals surface area (Å²) in [5.41, 5.74) is 0. The summed E-state index contributed by atoms with van der Waals surface area (Å²) in [5.74, 6) is 0. The Bertz CT molecular complexity index is 187. The Labute approximate surface area is 80.6 Å². The van der Waals surface area contributed by atoms with Crippen molar-refractivity contribution in [3.8, 4) is 0 Å². The van der Waals surface area contributed by atoms with Gasteiger partial charge in [-0.25, -0.2) is 0 Å². The molecule has 0 amide bonds. The van der Waals surface area contributed by atoms with Crippen molar-refractivity contribution in [2.24, 2.45) is 0 Å². The topological polar surface area (TPSA) is 20.3 Å². The molecule has 2 heteroatoms. The summed E-state index contributed by atoms with van der Waals surface area (Å²) in [6.45, 7) is 5.66. The van der Waals surface area contributed by atoms with E-state index in [1.54, 1.807) is 0 Å². The lowest BCUT2D eigenvalue weighted by atomic mass is 10.2. The van der Waals surface area contributed by atoms with Crippen molar-refractivity contribution in [3.63, 3.8) is 0 Å². The molecular weight excluding hydrogens is 162 g/mol. The van der Waals surface area contributed by atoms with Crippen LogP contribution in [0.5, 0.6) is 0 Å². The van der Waals surface area contributed by atoms with E-state index in [0.29, 0.717) is 18.5 Å². The van der Waals surface area contributed by atoms with Crippen LogP contribution >= 0.6 is 0 Å². The number of likely N-dealkylation sites (tertiary alicyclic amines) is 1. The first-order valence-corrected chi connectivity index (χ1v) is 5.11. The Morgan fingerprint density at radius 3 is 2.92 bits per heavy atom. The maximum Gasteiger partial charge on any atom is 0.123 e. The van der Waals surface area contributed by atoms with Crippen LogP contribution in [0.3, 0.4) is 0 Å². The van der Waals surface area contributed by atoms with Crippen LogP contribution in [0, 0.1) is 0 Å². The predicted molar refractivity (Wildman–Crippen MR) is 54.7 cm³/mol. The molecule has 0 saturated carbocycles. The molecule has 1 rings (SSSR count). The number of hydrogen-bond acceptors (Lipinski definition) is 2. The zero-order valence-electron chi connectivity index (χ0n) is 8.57. The van der Waals surface area contributed by atoms with Gasteiger partial charge in [-0.05, 0) is 33.2 Å². The molecule has 0 spiro atoms. The molecule has 1 atom stereocenters. The van der Waals surface area contributed by atoms with Crippen LogP contribution < -0.4 is 0 Å². The lowest BCUT2D eigenvalue weighted by Crippen LogP contribution is -2.34. The van der Waals surface area contributed by atoms with E-state index >= 15 is 0 Å². The molecule has 1 unspecified atom stereocenters. The van der Waals surface area contributed by atoms with Gasteiger partial charge in [-0.3, -0.25) is 4.90 Å². The first kappa shape index (κ1) is 10.5. The molecule has 0 aromatic heterocycles. The van der Waals surface area contributed by atoms with Gasteiger partial charge < -0.3 is 4.79 Å². The van der Waals surface area contributed by atoms with Crippen molar-refractivity contribution in [1.82, 2.24) is 4.90 Å². The van der Waals surface area contributed by atoms with E-state index in [1.807, 2.05) is 6.08 Å². The highest BCUT2D eigenvalue weighted by atomic mass is 16.1. The zero-order chi connectivity index (χ0) is 9.68. The van der Waals surface area contributed by atoms with Crippen molar-refractivity contribution in [1.29, 1.82) is 0 Å². The largest absolute Gasteiger partial charge is 0.303 e. The Balaban J connectivity index is 2.43. The smallest absolute Gasteiger partial charge is 0.123 e. The van der Waals surface area contributed by atoms with Crippen LogP contribution in [-0.4, -0.2) is 29.8 Å². The van der Waals surface area contributed by atoms with Crippen molar-refractivity contribution in [2.45, 2.75) is 45.2 Å². The van der Waals surface area contributed by atoms with Crippen LogP contribution in [0.4, 0.5) is 0 Å². The molecule has 1 aliphatic rings. The third-order valence-corrected chi connectivity index (χ3v) is 2.60. The van der Waals surface area contributed by atoms with E-state index in [-0.39, 0.29) is 0 Å². The van der Waals surface area contributed by atoms with Crippen molar-refractivity contribution in [3.05, 3.63) is 12.2 Å². The average Bonchev–Trinajstić information content (AvgIpc) is 2.53. The number of carbonyl (C=O) groups excluding carboxylic acids is 1. The molecule has 2 nitrogen and oxygen atoms in total. The first-order chi connectivity index (χ1) is 6.25. The molecule has 0 N–H and O–H groups in total. The third kappa shape index (κ3) is 2.96. The number of allylic oxidation sites excluding steroid dienone is 1. The van der Waals surface area contributed by atoms with Gasteiger partial charge in [0.1, 0.15) is 6.29 Å². The molecule has 0 aromatic rings. The average molecular weight is 181 g/mol. The number of nitrogens with zero attached hydrogens (tertiary/aromatic N) is 1. The quantitative estimate of drug-likeness (QED) is 0.488. The number of aldehydes is 1. The summed E-state index contributed by atoms with van der Waals surface area (Å²) in [5, 5.41) is 0. The van der Waals surface area contributed by atoms with Crippen LogP contribution in [-0.2, 0) is 4.79 Å². The molecule has 0 aliphatic carbocycles. The Kier molecular flexibility index (Phi) is 4.16. The Morgan fingerprint density at radius 1 is 1.54 bits per heavy atom. The molecule has 0 aromatic carbocycles. The number of rotatable bonds is 4. The van der Waals surface area contributed by atoms with E-state index in [0.717, 1.165) is 6.29 Å². The molecule has 13 heavy (non-hydrogen) atoms. The lowest BCUT2D eigenvalue weighted by Gasteiger charge is -2.25. The maximum absolute atomic E-state index is 10.1. The van der Waals surface area contributed by atoms with Gasteiger partial charge in [0.2, 0.25) is 0 Å². The van der Waals surface area contributed by atoms with Crippen LogP contribution in [0.2, 0.25) is 0 Å². The van der Waals surface area contributed by atoms with Gasteiger partial charge in [0.15, 0.2) is 0 Å². The SMILES string of the molecule is CC(C)N1CCCC1/C=C\CC=O. The predicted octanol–water partition coefficient (Wildman–Crippen LogP) is 2.00. The van der Waals surface area contributed by atoms with Crippen LogP contribution in [0.15, 0.2) is 12.2 Å².